The number of nitrogens with one attached hydrogen (secondary N) is 1. The third-order valence-electron chi connectivity index (χ3n) is 3.54. The van der Waals surface area contributed by atoms with Crippen LogP contribution in [0, 0.1) is 0 Å². The Morgan fingerprint density at radius 3 is 2.58 bits per heavy atom. The summed E-state index contributed by atoms with van der Waals surface area (Å²) in [5.41, 5.74) is -0.737. The first-order valence-electron chi connectivity index (χ1n) is 6.66. The van der Waals surface area contributed by atoms with Crippen molar-refractivity contribution in [2.75, 3.05) is 27.2 Å². The van der Waals surface area contributed by atoms with Crippen molar-refractivity contribution < 1.29 is 14.7 Å². The SMILES string of the molecule is CN(CC1CCCN1C)C(=O)NC(C)(C)CC(=O)O. The van der Waals surface area contributed by atoms with E-state index in [0.29, 0.717) is 12.6 Å². The molecular formula is C13H25N3O3. The van der Waals surface area contributed by atoms with Gasteiger partial charge >= 0.3 is 12.0 Å². The number of likely N-dealkylation sites (tertiary alicyclic amines) is 1. The van der Waals surface area contributed by atoms with Crippen LogP contribution in [-0.4, -0.2) is 65.7 Å². The summed E-state index contributed by atoms with van der Waals surface area (Å²) in [4.78, 5) is 26.6. The molecule has 19 heavy (non-hydrogen) atoms. The highest BCUT2D eigenvalue weighted by Crippen LogP contribution is 2.16. The van der Waals surface area contributed by atoms with E-state index in [1.807, 2.05) is 0 Å². The van der Waals surface area contributed by atoms with Gasteiger partial charge in [-0.15, -0.1) is 0 Å². The number of hydrogen-bond donors (Lipinski definition) is 2. The van der Waals surface area contributed by atoms with Crippen molar-refractivity contribution in [1.82, 2.24) is 15.1 Å². The van der Waals surface area contributed by atoms with Crippen LogP contribution >= 0.6 is 0 Å². The van der Waals surface area contributed by atoms with Crippen LogP contribution in [-0.2, 0) is 4.79 Å². The molecule has 1 aliphatic heterocycles. The fourth-order valence-electron chi connectivity index (χ4n) is 2.42. The van der Waals surface area contributed by atoms with Gasteiger partial charge in [-0.25, -0.2) is 4.79 Å². The monoisotopic (exact) mass is 271 g/mol. The van der Waals surface area contributed by atoms with Crippen LogP contribution in [0.2, 0.25) is 0 Å². The Bertz CT molecular complexity index is 344. The van der Waals surface area contributed by atoms with Crippen molar-refractivity contribution in [2.24, 2.45) is 0 Å². The van der Waals surface area contributed by atoms with E-state index >= 15 is 0 Å². The third kappa shape index (κ3) is 5.06. The molecule has 0 aromatic heterocycles. The van der Waals surface area contributed by atoms with Crippen LogP contribution in [0.3, 0.4) is 0 Å². The second-order valence-corrected chi connectivity index (χ2v) is 6.04. The van der Waals surface area contributed by atoms with Crippen molar-refractivity contribution >= 4 is 12.0 Å². The maximum Gasteiger partial charge on any atom is 0.317 e. The molecule has 1 unspecified atom stereocenters. The molecule has 0 spiro atoms. The van der Waals surface area contributed by atoms with E-state index in [1.54, 1.807) is 25.8 Å². The minimum absolute atomic E-state index is 0.0874. The zero-order chi connectivity index (χ0) is 14.6. The predicted octanol–water partition coefficient (Wildman–Crippen LogP) is 0.975. The Labute approximate surface area is 114 Å². The number of aliphatic carboxylic acids is 1. The van der Waals surface area contributed by atoms with Gasteiger partial charge in [-0.1, -0.05) is 0 Å². The van der Waals surface area contributed by atoms with Gasteiger partial charge in [0.05, 0.1) is 6.42 Å². The number of carbonyl (C=O) groups is 2. The number of likely N-dealkylation sites (N-methyl/N-ethyl adjacent to an activating group) is 2. The van der Waals surface area contributed by atoms with E-state index < -0.39 is 11.5 Å². The summed E-state index contributed by atoms with van der Waals surface area (Å²) < 4.78 is 0. The first kappa shape index (κ1) is 15.8. The van der Waals surface area contributed by atoms with Crippen molar-refractivity contribution in [1.29, 1.82) is 0 Å². The van der Waals surface area contributed by atoms with Crippen molar-refractivity contribution in [2.45, 2.75) is 44.7 Å². The number of hydrogen-bond acceptors (Lipinski definition) is 3. The molecule has 1 fully saturated rings. The minimum atomic E-state index is -0.913. The topological polar surface area (TPSA) is 72.9 Å². The van der Waals surface area contributed by atoms with Gasteiger partial charge in [-0.2, -0.15) is 0 Å². The number of carbonyl (C=O) groups excluding carboxylic acids is 1. The summed E-state index contributed by atoms with van der Waals surface area (Å²) in [5.74, 6) is -0.913. The van der Waals surface area contributed by atoms with Crippen molar-refractivity contribution in [3.05, 3.63) is 0 Å². The zero-order valence-electron chi connectivity index (χ0n) is 12.3. The van der Waals surface area contributed by atoms with E-state index in [9.17, 15) is 9.59 Å². The Morgan fingerprint density at radius 1 is 1.47 bits per heavy atom. The molecule has 2 N–H and O–H groups in total. The van der Waals surface area contributed by atoms with Gasteiger partial charge in [0.15, 0.2) is 0 Å². The summed E-state index contributed by atoms with van der Waals surface area (Å²) >= 11 is 0. The molecule has 1 aliphatic rings. The largest absolute Gasteiger partial charge is 0.481 e. The molecule has 0 saturated carbocycles. The maximum atomic E-state index is 12.0. The molecule has 0 radical (unpaired) electrons. The Balaban J connectivity index is 2.46. The second-order valence-electron chi connectivity index (χ2n) is 6.04. The first-order valence-corrected chi connectivity index (χ1v) is 6.66. The number of carboxylic acid groups (broad SMARTS) is 1. The van der Waals surface area contributed by atoms with E-state index in [2.05, 4.69) is 17.3 Å². The molecule has 6 nitrogen and oxygen atoms in total. The predicted molar refractivity (Wildman–Crippen MR) is 73.1 cm³/mol. The Kier molecular flexibility index (Phi) is 5.17. The fraction of sp³-hybridized carbons (Fsp3) is 0.846. The molecule has 0 aromatic carbocycles. The molecule has 110 valence electrons. The molecule has 0 aliphatic carbocycles. The van der Waals surface area contributed by atoms with Gasteiger partial charge < -0.3 is 20.2 Å². The number of amides is 2. The number of carboxylic acids is 1. The zero-order valence-corrected chi connectivity index (χ0v) is 12.3. The van der Waals surface area contributed by atoms with Gasteiger partial charge in [0.1, 0.15) is 0 Å². The molecule has 1 heterocycles. The van der Waals surface area contributed by atoms with Crippen LogP contribution in [0.4, 0.5) is 4.79 Å². The molecule has 1 atom stereocenters. The van der Waals surface area contributed by atoms with E-state index in [0.717, 1.165) is 13.0 Å². The average molecular weight is 271 g/mol. The Morgan fingerprint density at radius 2 is 2.11 bits per heavy atom. The lowest BCUT2D eigenvalue weighted by Gasteiger charge is -2.30. The first-order chi connectivity index (χ1) is 8.71. The maximum absolute atomic E-state index is 12.0. The molecule has 0 aromatic rings. The molecule has 2 amide bonds. The van der Waals surface area contributed by atoms with Crippen LogP contribution < -0.4 is 5.32 Å². The van der Waals surface area contributed by atoms with Crippen LogP contribution in [0.5, 0.6) is 0 Å². The summed E-state index contributed by atoms with van der Waals surface area (Å²) in [6, 6.07) is 0.185. The van der Waals surface area contributed by atoms with Crippen molar-refractivity contribution in [3.8, 4) is 0 Å². The summed E-state index contributed by atoms with van der Waals surface area (Å²) in [7, 11) is 3.82. The van der Waals surface area contributed by atoms with Gasteiger partial charge in [0, 0.05) is 25.2 Å². The third-order valence-corrected chi connectivity index (χ3v) is 3.54. The molecule has 6 heteroatoms. The summed E-state index contributed by atoms with van der Waals surface area (Å²) in [6.07, 6.45) is 2.18. The molecule has 1 rings (SSSR count). The Hall–Kier alpha value is -1.30. The highest BCUT2D eigenvalue weighted by Gasteiger charge is 2.28. The second kappa shape index (κ2) is 6.23. The number of nitrogens with zero attached hydrogens (tertiary/aromatic N) is 2. The summed E-state index contributed by atoms with van der Waals surface area (Å²) in [5, 5.41) is 11.6. The standard InChI is InChI=1S/C13H25N3O3/c1-13(2,8-11(17)18)14-12(19)16(4)9-10-6-5-7-15(10)3/h10H,5-9H2,1-4H3,(H,14,19)(H,17,18). The lowest BCUT2D eigenvalue weighted by molar-refractivity contribution is -0.138. The molecule has 1 saturated heterocycles. The van der Waals surface area contributed by atoms with E-state index in [1.165, 1.54) is 6.42 Å². The fourth-order valence-corrected chi connectivity index (χ4v) is 2.42. The van der Waals surface area contributed by atoms with Gasteiger partial charge in [-0.3, -0.25) is 4.79 Å². The molecular weight excluding hydrogens is 246 g/mol. The highest BCUT2D eigenvalue weighted by molar-refractivity contribution is 5.76. The van der Waals surface area contributed by atoms with Gasteiger partial charge in [0.25, 0.3) is 0 Å². The van der Waals surface area contributed by atoms with E-state index in [-0.39, 0.29) is 12.5 Å². The average Bonchev–Trinajstić information content (AvgIpc) is 2.61. The lowest BCUT2D eigenvalue weighted by atomic mass is 10.0. The van der Waals surface area contributed by atoms with Crippen molar-refractivity contribution in [3.63, 3.8) is 0 Å². The van der Waals surface area contributed by atoms with Crippen LogP contribution in [0.25, 0.3) is 0 Å². The number of urea groups is 1. The van der Waals surface area contributed by atoms with Gasteiger partial charge in [0.2, 0.25) is 0 Å². The van der Waals surface area contributed by atoms with Gasteiger partial charge in [-0.05, 0) is 40.3 Å². The smallest absolute Gasteiger partial charge is 0.317 e. The number of rotatable bonds is 5. The van der Waals surface area contributed by atoms with E-state index in [4.69, 9.17) is 5.11 Å². The summed E-state index contributed by atoms with van der Waals surface area (Å²) in [6.45, 7) is 5.18. The quantitative estimate of drug-likeness (QED) is 0.781. The molecule has 0 bridgehead atoms. The van der Waals surface area contributed by atoms with Crippen LogP contribution in [0.1, 0.15) is 33.1 Å². The lowest BCUT2D eigenvalue weighted by Crippen LogP contribution is -2.52. The minimum Gasteiger partial charge on any atom is -0.481 e. The van der Waals surface area contributed by atoms with Crippen LogP contribution in [0.15, 0.2) is 0 Å². The normalized spacial score (nSPS) is 20.3. The highest BCUT2D eigenvalue weighted by atomic mass is 16.4.